The zero-order valence-electron chi connectivity index (χ0n) is 12.9. The van der Waals surface area contributed by atoms with E-state index in [0.717, 1.165) is 11.0 Å². The number of hydrogen-bond donors (Lipinski definition) is 1. The van der Waals surface area contributed by atoms with Crippen LogP contribution in [-0.2, 0) is 13.1 Å². The molecule has 0 fully saturated rings. The van der Waals surface area contributed by atoms with E-state index in [9.17, 15) is 15.2 Å². The van der Waals surface area contributed by atoms with Crippen molar-refractivity contribution in [3.63, 3.8) is 0 Å². The Morgan fingerprint density at radius 3 is 2.65 bits per heavy atom. The van der Waals surface area contributed by atoms with E-state index in [1.165, 1.54) is 28.2 Å². The van der Waals surface area contributed by atoms with Crippen LogP contribution in [0.2, 0.25) is 0 Å². The highest BCUT2D eigenvalue weighted by atomic mass is 16.6. The van der Waals surface area contributed by atoms with Crippen LogP contribution in [0.5, 0.6) is 0 Å². The van der Waals surface area contributed by atoms with Crippen LogP contribution in [0.3, 0.4) is 0 Å². The van der Waals surface area contributed by atoms with Crippen LogP contribution in [0.15, 0.2) is 31.0 Å². The van der Waals surface area contributed by atoms with E-state index in [1.54, 1.807) is 6.33 Å². The van der Waals surface area contributed by atoms with Gasteiger partial charge < -0.3 is 24.4 Å². The van der Waals surface area contributed by atoms with Gasteiger partial charge in [0, 0.05) is 0 Å². The lowest BCUT2D eigenvalue weighted by Crippen LogP contribution is -2.21. The van der Waals surface area contributed by atoms with Crippen LogP contribution in [0.1, 0.15) is 11.1 Å². The summed E-state index contributed by atoms with van der Waals surface area (Å²) in [6, 6.07) is 4.07. The van der Waals surface area contributed by atoms with E-state index in [4.69, 9.17) is 0 Å². The summed E-state index contributed by atoms with van der Waals surface area (Å²) < 4.78 is 3.40. The number of aromatic nitrogens is 4. The Morgan fingerprint density at radius 2 is 1.96 bits per heavy atom. The fraction of sp³-hybridized carbons (Fsp3) is 0.333. The molecule has 0 spiro atoms. The Labute approximate surface area is 132 Å². The van der Waals surface area contributed by atoms with Gasteiger partial charge in [-0.3, -0.25) is 0 Å². The van der Waals surface area contributed by atoms with Gasteiger partial charge >= 0.3 is 5.82 Å². The molecule has 1 atom stereocenters. The summed E-state index contributed by atoms with van der Waals surface area (Å²) in [7, 11) is 0. The zero-order chi connectivity index (χ0) is 16.6. The molecule has 3 rings (SSSR count). The number of nitro groups is 1. The van der Waals surface area contributed by atoms with Crippen molar-refractivity contribution in [2.45, 2.75) is 33.0 Å². The minimum Gasteiger partial charge on any atom is -0.389 e. The SMILES string of the molecule is Cc1cc2ncn(CC(O)Cn3cnc([N+](=O)[O-])c3)c2cc1C. The zero-order valence-corrected chi connectivity index (χ0v) is 12.9. The van der Waals surface area contributed by atoms with Gasteiger partial charge in [-0.2, -0.15) is 0 Å². The van der Waals surface area contributed by atoms with Crippen molar-refractivity contribution in [1.82, 2.24) is 19.1 Å². The summed E-state index contributed by atoms with van der Waals surface area (Å²) in [6.07, 6.45) is 3.65. The number of benzene rings is 1. The van der Waals surface area contributed by atoms with Gasteiger partial charge in [-0.05, 0) is 47.0 Å². The maximum absolute atomic E-state index is 10.6. The number of rotatable bonds is 5. The smallest absolute Gasteiger partial charge is 0.381 e. The highest BCUT2D eigenvalue weighted by molar-refractivity contribution is 5.77. The van der Waals surface area contributed by atoms with Gasteiger partial charge in [0.15, 0.2) is 0 Å². The fourth-order valence-electron chi connectivity index (χ4n) is 2.53. The molecule has 23 heavy (non-hydrogen) atoms. The van der Waals surface area contributed by atoms with Crippen LogP contribution in [0, 0.1) is 24.0 Å². The quantitative estimate of drug-likeness (QED) is 0.572. The van der Waals surface area contributed by atoms with Gasteiger partial charge in [-0.25, -0.2) is 4.98 Å². The second-order valence-electron chi connectivity index (χ2n) is 5.66. The summed E-state index contributed by atoms with van der Waals surface area (Å²) >= 11 is 0. The Kier molecular flexibility index (Phi) is 3.83. The molecule has 0 aliphatic rings. The van der Waals surface area contributed by atoms with Crippen LogP contribution >= 0.6 is 0 Å². The fourth-order valence-corrected chi connectivity index (χ4v) is 2.53. The van der Waals surface area contributed by atoms with Crippen molar-refractivity contribution < 1.29 is 10.0 Å². The normalized spacial score (nSPS) is 12.7. The van der Waals surface area contributed by atoms with Crippen molar-refractivity contribution in [3.05, 3.63) is 52.2 Å². The number of aryl methyl sites for hydroxylation is 2. The number of aliphatic hydroxyl groups is 1. The standard InChI is InChI=1S/C15H17N5O3/c1-10-3-13-14(4-11(10)2)19(9-16-13)6-12(21)5-18-7-15(17-8-18)20(22)23/h3-4,7-9,12,21H,5-6H2,1-2H3. The third-order valence-corrected chi connectivity index (χ3v) is 3.87. The van der Waals surface area contributed by atoms with Crippen LogP contribution < -0.4 is 0 Å². The molecule has 8 nitrogen and oxygen atoms in total. The molecule has 8 heteroatoms. The molecule has 0 saturated heterocycles. The first-order valence-electron chi connectivity index (χ1n) is 7.20. The Morgan fingerprint density at radius 1 is 1.22 bits per heavy atom. The molecule has 1 unspecified atom stereocenters. The molecule has 0 aliphatic carbocycles. The molecule has 1 N–H and O–H groups in total. The minimum absolute atomic E-state index is 0.226. The summed E-state index contributed by atoms with van der Waals surface area (Å²) in [5, 5.41) is 20.9. The van der Waals surface area contributed by atoms with E-state index >= 15 is 0 Å². The number of hydrogen-bond acceptors (Lipinski definition) is 5. The van der Waals surface area contributed by atoms with Crippen molar-refractivity contribution in [2.75, 3.05) is 0 Å². The molecule has 0 aliphatic heterocycles. The van der Waals surface area contributed by atoms with Crippen LogP contribution in [0.25, 0.3) is 11.0 Å². The van der Waals surface area contributed by atoms with E-state index in [2.05, 4.69) is 9.97 Å². The van der Waals surface area contributed by atoms with Crippen molar-refractivity contribution in [3.8, 4) is 0 Å². The van der Waals surface area contributed by atoms with Gasteiger partial charge in [0.2, 0.25) is 6.33 Å². The third-order valence-electron chi connectivity index (χ3n) is 3.87. The van der Waals surface area contributed by atoms with Gasteiger partial charge in [0.25, 0.3) is 0 Å². The predicted octanol–water partition coefficient (Wildman–Crippen LogP) is 1.82. The summed E-state index contributed by atoms with van der Waals surface area (Å²) in [4.78, 5) is 18.1. The van der Waals surface area contributed by atoms with Crippen LogP contribution in [0.4, 0.5) is 5.82 Å². The Balaban J connectivity index is 1.75. The molecule has 2 aromatic heterocycles. The molecule has 2 heterocycles. The molecular formula is C15H17N5O3. The minimum atomic E-state index is -0.706. The van der Waals surface area contributed by atoms with E-state index in [1.807, 2.05) is 30.5 Å². The van der Waals surface area contributed by atoms with Crippen molar-refractivity contribution >= 4 is 16.9 Å². The number of fused-ring (bicyclic) bond motifs is 1. The maximum atomic E-state index is 10.6. The lowest BCUT2D eigenvalue weighted by molar-refractivity contribution is -0.389. The van der Waals surface area contributed by atoms with Gasteiger partial charge in [0.05, 0.1) is 36.6 Å². The van der Waals surface area contributed by atoms with Gasteiger partial charge in [-0.15, -0.1) is 0 Å². The average molecular weight is 315 g/mol. The van der Waals surface area contributed by atoms with E-state index < -0.39 is 11.0 Å². The second kappa shape index (κ2) is 5.81. The van der Waals surface area contributed by atoms with Crippen molar-refractivity contribution in [2.24, 2.45) is 0 Å². The van der Waals surface area contributed by atoms with Gasteiger partial charge in [0.1, 0.15) is 6.20 Å². The van der Waals surface area contributed by atoms with Crippen molar-refractivity contribution in [1.29, 1.82) is 0 Å². The maximum Gasteiger partial charge on any atom is 0.381 e. The molecule has 3 aromatic rings. The highest BCUT2D eigenvalue weighted by Crippen LogP contribution is 2.19. The Hall–Kier alpha value is -2.74. The number of aliphatic hydroxyl groups excluding tert-OH is 1. The predicted molar refractivity (Wildman–Crippen MR) is 84.1 cm³/mol. The third kappa shape index (κ3) is 3.07. The summed E-state index contributed by atoms with van der Waals surface area (Å²) in [5.41, 5.74) is 4.19. The first-order valence-corrected chi connectivity index (χ1v) is 7.20. The first-order chi connectivity index (χ1) is 10.9. The van der Waals surface area contributed by atoms with E-state index in [0.29, 0.717) is 6.54 Å². The molecule has 1 aromatic carbocycles. The van der Waals surface area contributed by atoms with E-state index in [-0.39, 0.29) is 12.4 Å². The molecular weight excluding hydrogens is 298 g/mol. The largest absolute Gasteiger partial charge is 0.389 e. The summed E-state index contributed by atoms with van der Waals surface area (Å²) in [6.45, 7) is 4.65. The molecule has 0 saturated carbocycles. The average Bonchev–Trinajstić information content (AvgIpc) is 3.08. The highest BCUT2D eigenvalue weighted by Gasteiger charge is 2.14. The Bertz CT molecular complexity index is 867. The number of imidazole rings is 2. The monoisotopic (exact) mass is 315 g/mol. The topological polar surface area (TPSA) is 99.0 Å². The molecule has 0 bridgehead atoms. The summed E-state index contributed by atoms with van der Waals surface area (Å²) in [5.74, 6) is -0.226. The number of nitrogens with zero attached hydrogens (tertiary/aromatic N) is 5. The van der Waals surface area contributed by atoms with Gasteiger partial charge in [-0.1, -0.05) is 0 Å². The first kappa shape index (κ1) is 15.2. The lowest BCUT2D eigenvalue weighted by Gasteiger charge is -2.12. The molecule has 120 valence electrons. The molecule has 0 radical (unpaired) electrons. The van der Waals surface area contributed by atoms with Crippen LogP contribution in [-0.4, -0.2) is 35.2 Å². The second-order valence-corrected chi connectivity index (χ2v) is 5.66. The lowest BCUT2D eigenvalue weighted by atomic mass is 10.1. The molecule has 0 amide bonds.